The van der Waals surface area contributed by atoms with Gasteiger partial charge in [-0.1, -0.05) is 0 Å². The first kappa shape index (κ1) is 11.4. The van der Waals surface area contributed by atoms with Crippen molar-refractivity contribution in [3.8, 4) is 0 Å². The Balaban J connectivity index is 2.68. The van der Waals surface area contributed by atoms with Crippen molar-refractivity contribution in [1.29, 1.82) is 0 Å². The van der Waals surface area contributed by atoms with E-state index in [-0.39, 0.29) is 17.6 Å². The Labute approximate surface area is 97.4 Å². The van der Waals surface area contributed by atoms with Gasteiger partial charge < -0.3 is 4.74 Å². The second kappa shape index (κ2) is 4.40. The Morgan fingerprint density at radius 2 is 2.24 bits per heavy atom. The molecule has 0 amide bonds. The minimum Gasteiger partial charge on any atom is -0.462 e. The third-order valence-electron chi connectivity index (χ3n) is 2.47. The molecule has 0 atom stereocenters. The SMILES string of the molecule is CCOC(=O)c1cn(CC)n2cncc2c1=O. The number of hydrogen-bond donors (Lipinski definition) is 0. The van der Waals surface area contributed by atoms with E-state index in [0.717, 1.165) is 0 Å². The molecule has 0 radical (unpaired) electrons. The van der Waals surface area contributed by atoms with Gasteiger partial charge in [0.25, 0.3) is 0 Å². The first-order valence-electron chi connectivity index (χ1n) is 5.42. The smallest absolute Gasteiger partial charge is 0.343 e. The molecular formula is C11H13N3O3. The molecule has 0 spiro atoms. The van der Waals surface area contributed by atoms with Gasteiger partial charge in [-0.2, -0.15) is 0 Å². The van der Waals surface area contributed by atoms with Gasteiger partial charge in [-0.25, -0.2) is 14.3 Å². The molecule has 0 aromatic carbocycles. The van der Waals surface area contributed by atoms with E-state index >= 15 is 0 Å². The van der Waals surface area contributed by atoms with Crippen LogP contribution in [-0.4, -0.2) is 26.8 Å². The summed E-state index contributed by atoms with van der Waals surface area (Å²) < 4.78 is 8.20. The van der Waals surface area contributed by atoms with Crippen molar-refractivity contribution in [3.05, 3.63) is 34.5 Å². The summed E-state index contributed by atoms with van der Waals surface area (Å²) in [7, 11) is 0. The highest BCUT2D eigenvalue weighted by Crippen LogP contribution is 2.02. The van der Waals surface area contributed by atoms with Crippen LogP contribution in [0.15, 0.2) is 23.5 Å². The molecule has 0 bridgehead atoms. The van der Waals surface area contributed by atoms with Gasteiger partial charge >= 0.3 is 5.97 Å². The van der Waals surface area contributed by atoms with Crippen molar-refractivity contribution < 1.29 is 9.53 Å². The highest BCUT2D eigenvalue weighted by atomic mass is 16.5. The van der Waals surface area contributed by atoms with Crippen molar-refractivity contribution in [2.45, 2.75) is 20.4 Å². The van der Waals surface area contributed by atoms with Crippen LogP contribution < -0.4 is 5.43 Å². The number of fused-ring (bicyclic) bond motifs is 1. The third kappa shape index (κ3) is 1.82. The van der Waals surface area contributed by atoms with Gasteiger partial charge in [0.1, 0.15) is 17.4 Å². The second-order valence-corrected chi connectivity index (χ2v) is 3.47. The average Bonchev–Trinajstić information content (AvgIpc) is 2.79. The van der Waals surface area contributed by atoms with E-state index in [0.29, 0.717) is 12.1 Å². The molecule has 0 unspecified atom stereocenters. The molecule has 0 aliphatic heterocycles. The van der Waals surface area contributed by atoms with E-state index in [4.69, 9.17) is 4.74 Å². The molecule has 2 aromatic rings. The van der Waals surface area contributed by atoms with Crippen LogP contribution in [0.4, 0.5) is 0 Å². The van der Waals surface area contributed by atoms with Crippen molar-refractivity contribution in [3.63, 3.8) is 0 Å². The highest BCUT2D eigenvalue weighted by molar-refractivity contribution is 5.90. The van der Waals surface area contributed by atoms with Crippen LogP contribution in [0.5, 0.6) is 0 Å². The lowest BCUT2D eigenvalue weighted by atomic mass is 10.2. The molecule has 17 heavy (non-hydrogen) atoms. The van der Waals surface area contributed by atoms with Gasteiger partial charge in [0, 0.05) is 12.7 Å². The number of nitrogens with zero attached hydrogens (tertiary/aromatic N) is 3. The standard InChI is InChI=1S/C11H13N3O3/c1-3-13-6-8(11(16)17-4-2)10(15)9-5-12-7-14(9)13/h5-7H,3-4H2,1-2H3. The van der Waals surface area contributed by atoms with Crippen LogP contribution in [0.1, 0.15) is 24.2 Å². The van der Waals surface area contributed by atoms with Gasteiger partial charge in [-0.15, -0.1) is 0 Å². The Morgan fingerprint density at radius 1 is 1.47 bits per heavy atom. The summed E-state index contributed by atoms with van der Waals surface area (Å²) in [6, 6.07) is 0. The number of aryl methyl sites for hydroxylation is 1. The maximum atomic E-state index is 12.0. The van der Waals surface area contributed by atoms with Crippen LogP contribution in [0.2, 0.25) is 0 Å². The summed E-state index contributed by atoms with van der Waals surface area (Å²) in [5.41, 5.74) is 0.0600. The van der Waals surface area contributed by atoms with E-state index in [1.165, 1.54) is 18.7 Å². The molecule has 0 N–H and O–H groups in total. The number of esters is 1. The van der Waals surface area contributed by atoms with E-state index in [9.17, 15) is 9.59 Å². The van der Waals surface area contributed by atoms with E-state index in [1.54, 1.807) is 16.1 Å². The fourth-order valence-electron chi connectivity index (χ4n) is 1.66. The first-order valence-corrected chi connectivity index (χ1v) is 5.42. The predicted molar refractivity (Wildman–Crippen MR) is 61.1 cm³/mol. The van der Waals surface area contributed by atoms with Crippen molar-refractivity contribution in [1.82, 2.24) is 14.2 Å². The van der Waals surface area contributed by atoms with Gasteiger partial charge in [0.15, 0.2) is 0 Å². The summed E-state index contributed by atoms with van der Waals surface area (Å²) in [6.45, 7) is 4.49. The summed E-state index contributed by atoms with van der Waals surface area (Å²) >= 11 is 0. The zero-order chi connectivity index (χ0) is 12.4. The van der Waals surface area contributed by atoms with Crippen molar-refractivity contribution >= 4 is 11.5 Å². The minimum absolute atomic E-state index is 0.0432. The van der Waals surface area contributed by atoms with Gasteiger partial charge in [0.2, 0.25) is 5.43 Å². The molecule has 2 heterocycles. The number of carbonyl (C=O) groups excluding carboxylic acids is 1. The van der Waals surface area contributed by atoms with Crippen molar-refractivity contribution in [2.75, 3.05) is 6.61 Å². The molecule has 0 aliphatic rings. The average molecular weight is 235 g/mol. The van der Waals surface area contributed by atoms with E-state index in [1.807, 2.05) is 6.92 Å². The topological polar surface area (TPSA) is 65.6 Å². The highest BCUT2D eigenvalue weighted by Gasteiger charge is 2.16. The van der Waals surface area contributed by atoms with Crippen LogP contribution in [-0.2, 0) is 11.3 Å². The lowest BCUT2D eigenvalue weighted by Gasteiger charge is -2.09. The number of hydrogen-bond acceptors (Lipinski definition) is 4. The molecule has 6 nitrogen and oxygen atoms in total. The van der Waals surface area contributed by atoms with Gasteiger partial charge in [-0.05, 0) is 13.8 Å². The van der Waals surface area contributed by atoms with E-state index in [2.05, 4.69) is 4.98 Å². The fourth-order valence-corrected chi connectivity index (χ4v) is 1.66. The van der Waals surface area contributed by atoms with Crippen LogP contribution in [0.3, 0.4) is 0 Å². The number of rotatable bonds is 3. The third-order valence-corrected chi connectivity index (χ3v) is 2.47. The molecule has 0 fully saturated rings. The predicted octanol–water partition coefficient (Wildman–Crippen LogP) is 0.693. The summed E-state index contributed by atoms with van der Waals surface area (Å²) in [6.07, 6.45) is 4.47. The number of imidazole rings is 1. The lowest BCUT2D eigenvalue weighted by Crippen LogP contribution is -2.23. The van der Waals surface area contributed by atoms with Crippen LogP contribution in [0.25, 0.3) is 5.52 Å². The fraction of sp³-hybridized carbons (Fsp3) is 0.364. The summed E-state index contributed by atoms with van der Waals surface area (Å²) in [5, 5.41) is 0. The lowest BCUT2D eigenvalue weighted by molar-refractivity contribution is 0.0523. The molecule has 2 rings (SSSR count). The molecule has 0 saturated heterocycles. The minimum atomic E-state index is -0.594. The van der Waals surface area contributed by atoms with Crippen LogP contribution >= 0.6 is 0 Å². The van der Waals surface area contributed by atoms with Gasteiger partial charge in [-0.3, -0.25) is 9.48 Å². The molecule has 6 heteroatoms. The second-order valence-electron chi connectivity index (χ2n) is 3.47. The number of aromatic nitrogens is 3. The normalized spacial score (nSPS) is 10.7. The molecule has 90 valence electrons. The largest absolute Gasteiger partial charge is 0.462 e. The zero-order valence-corrected chi connectivity index (χ0v) is 9.71. The Bertz CT molecular complexity index is 612. The Hall–Kier alpha value is -2.11. The molecular weight excluding hydrogens is 222 g/mol. The molecule has 2 aromatic heterocycles. The summed E-state index contributed by atoms with van der Waals surface area (Å²) in [5.74, 6) is -0.594. The monoisotopic (exact) mass is 235 g/mol. The maximum Gasteiger partial charge on any atom is 0.343 e. The molecule has 0 saturated carbocycles. The van der Waals surface area contributed by atoms with Crippen LogP contribution in [0, 0.1) is 0 Å². The van der Waals surface area contributed by atoms with Crippen molar-refractivity contribution in [2.24, 2.45) is 0 Å². The molecule has 0 aliphatic carbocycles. The Kier molecular flexibility index (Phi) is 2.95. The Morgan fingerprint density at radius 3 is 2.88 bits per heavy atom. The summed E-state index contributed by atoms with van der Waals surface area (Å²) in [4.78, 5) is 27.5. The van der Waals surface area contributed by atoms with E-state index < -0.39 is 5.97 Å². The zero-order valence-electron chi connectivity index (χ0n) is 9.71. The maximum absolute atomic E-state index is 12.0. The first-order chi connectivity index (χ1) is 8.19. The van der Waals surface area contributed by atoms with Gasteiger partial charge in [0.05, 0.1) is 12.8 Å². The quantitative estimate of drug-likeness (QED) is 0.734. The number of carbonyl (C=O) groups is 1. The number of ether oxygens (including phenoxy) is 1.